The average molecular weight is 392 g/mol. The third-order valence-corrected chi connectivity index (χ3v) is 4.90. The summed E-state index contributed by atoms with van der Waals surface area (Å²) < 4.78 is 23.2. The molecule has 0 unspecified atom stereocenters. The molecule has 0 saturated heterocycles. The zero-order chi connectivity index (χ0) is 20.5. The summed E-state index contributed by atoms with van der Waals surface area (Å²) in [5.74, 6) is 2.04. The molecule has 29 heavy (non-hydrogen) atoms. The number of hydrogen-bond donors (Lipinski definition) is 0. The van der Waals surface area contributed by atoms with Crippen LogP contribution in [0.3, 0.4) is 0 Å². The Morgan fingerprint density at radius 3 is 1.86 bits per heavy atom. The molecule has 7 heteroatoms. The second-order valence-corrected chi connectivity index (χ2v) is 6.36. The van der Waals surface area contributed by atoms with E-state index in [1.165, 1.54) is 4.68 Å². The lowest BCUT2D eigenvalue weighted by Crippen LogP contribution is -2.13. The van der Waals surface area contributed by atoms with Crippen LogP contribution < -0.4 is 18.9 Å². The van der Waals surface area contributed by atoms with Crippen LogP contribution in [0, 0.1) is 0 Å². The minimum atomic E-state index is -0.246. The van der Waals surface area contributed by atoms with Crippen LogP contribution in [0.15, 0.2) is 48.8 Å². The third-order valence-electron chi connectivity index (χ3n) is 4.90. The number of fused-ring (bicyclic) bond motifs is 3. The highest BCUT2D eigenvalue weighted by Gasteiger charge is 2.19. The fourth-order valence-corrected chi connectivity index (χ4v) is 3.49. The van der Waals surface area contributed by atoms with E-state index < -0.39 is 0 Å². The first-order chi connectivity index (χ1) is 14.1. The summed E-state index contributed by atoms with van der Waals surface area (Å²) in [5, 5.41) is 7.37. The Kier molecular flexibility index (Phi) is 4.72. The second kappa shape index (κ2) is 7.35. The number of rotatable bonds is 5. The molecular weight excluding hydrogens is 372 g/mol. The summed E-state index contributed by atoms with van der Waals surface area (Å²) in [6.45, 7) is 0. The fraction of sp³-hybridized carbons (Fsp3) is 0.182. The summed E-state index contributed by atoms with van der Waals surface area (Å²) in [4.78, 5) is 13.2. The van der Waals surface area contributed by atoms with Crippen molar-refractivity contribution in [3.05, 3.63) is 54.4 Å². The predicted molar refractivity (Wildman–Crippen MR) is 110 cm³/mol. The maximum Gasteiger partial charge on any atom is 0.278 e. The van der Waals surface area contributed by atoms with Crippen LogP contribution in [-0.2, 0) is 0 Å². The average Bonchev–Trinajstić information content (AvgIpc) is 3.30. The van der Waals surface area contributed by atoms with E-state index in [9.17, 15) is 4.79 Å². The highest BCUT2D eigenvalue weighted by atomic mass is 16.5. The largest absolute Gasteiger partial charge is 0.493 e. The van der Waals surface area contributed by atoms with Gasteiger partial charge in [0.2, 0.25) is 0 Å². The minimum absolute atomic E-state index is 0.246. The van der Waals surface area contributed by atoms with Gasteiger partial charge in [-0.1, -0.05) is 0 Å². The minimum Gasteiger partial charge on any atom is -0.493 e. The summed E-state index contributed by atoms with van der Waals surface area (Å²) >= 11 is 0. The Bertz CT molecular complexity index is 1220. The van der Waals surface area contributed by atoms with Crippen molar-refractivity contribution in [1.29, 1.82) is 0 Å². The maximum atomic E-state index is 13.2. The third kappa shape index (κ3) is 3.00. The van der Waals surface area contributed by atoms with E-state index in [1.807, 2.05) is 24.3 Å². The molecule has 1 aromatic heterocycles. The van der Waals surface area contributed by atoms with Crippen LogP contribution in [0.1, 0.15) is 10.4 Å². The van der Waals surface area contributed by atoms with E-state index in [1.54, 1.807) is 53.0 Å². The quantitative estimate of drug-likeness (QED) is 0.480. The van der Waals surface area contributed by atoms with Crippen LogP contribution in [0.4, 0.5) is 0 Å². The number of benzene rings is 3. The van der Waals surface area contributed by atoms with Crippen LogP contribution in [0.5, 0.6) is 23.0 Å². The lowest BCUT2D eigenvalue weighted by molar-refractivity contribution is 0.0947. The molecule has 0 atom stereocenters. The van der Waals surface area contributed by atoms with Crippen molar-refractivity contribution in [1.82, 2.24) is 9.78 Å². The predicted octanol–water partition coefficient (Wildman–Crippen LogP) is 3.91. The first kappa shape index (κ1) is 18.6. The molecule has 0 radical (unpaired) electrons. The van der Waals surface area contributed by atoms with Gasteiger partial charge < -0.3 is 18.9 Å². The monoisotopic (exact) mass is 392 g/mol. The fourth-order valence-electron chi connectivity index (χ4n) is 3.49. The van der Waals surface area contributed by atoms with E-state index >= 15 is 0 Å². The summed E-state index contributed by atoms with van der Waals surface area (Å²) in [5.41, 5.74) is 0.490. The molecule has 4 aromatic rings. The summed E-state index contributed by atoms with van der Waals surface area (Å²) in [6.07, 6.45) is 3.19. The zero-order valence-electron chi connectivity index (χ0n) is 16.6. The van der Waals surface area contributed by atoms with Crippen molar-refractivity contribution >= 4 is 27.5 Å². The Morgan fingerprint density at radius 2 is 1.31 bits per heavy atom. The Balaban J connectivity index is 2.13. The molecule has 0 spiro atoms. The van der Waals surface area contributed by atoms with Crippen molar-refractivity contribution in [3.63, 3.8) is 0 Å². The van der Waals surface area contributed by atoms with Gasteiger partial charge in [-0.3, -0.25) is 4.79 Å². The smallest absolute Gasteiger partial charge is 0.278 e. The Labute approximate surface area is 167 Å². The molecule has 0 fully saturated rings. The van der Waals surface area contributed by atoms with Crippen molar-refractivity contribution in [2.24, 2.45) is 0 Å². The molecule has 0 aliphatic carbocycles. The zero-order valence-corrected chi connectivity index (χ0v) is 16.6. The van der Waals surface area contributed by atoms with E-state index in [0.29, 0.717) is 28.6 Å². The van der Waals surface area contributed by atoms with Crippen molar-refractivity contribution in [2.75, 3.05) is 28.4 Å². The summed E-state index contributed by atoms with van der Waals surface area (Å²) in [7, 11) is 6.31. The molecule has 0 aliphatic rings. The molecule has 7 nitrogen and oxygen atoms in total. The number of hydrogen-bond acceptors (Lipinski definition) is 6. The highest BCUT2D eigenvalue weighted by molar-refractivity contribution is 6.18. The van der Waals surface area contributed by atoms with Crippen molar-refractivity contribution in [3.8, 4) is 23.0 Å². The second-order valence-electron chi connectivity index (χ2n) is 6.36. The molecule has 3 aromatic carbocycles. The van der Waals surface area contributed by atoms with E-state index in [0.717, 1.165) is 21.5 Å². The highest BCUT2D eigenvalue weighted by Crippen LogP contribution is 2.41. The SMILES string of the molecule is COc1cc2cc(C(=O)n3cccn3)c3cc(OC)c(OC)cc3c2cc1OC. The maximum absolute atomic E-state index is 13.2. The summed E-state index contributed by atoms with van der Waals surface area (Å²) in [6, 6.07) is 11.0. The van der Waals surface area contributed by atoms with E-state index in [2.05, 4.69) is 5.10 Å². The van der Waals surface area contributed by atoms with Gasteiger partial charge in [-0.25, -0.2) is 4.68 Å². The Morgan fingerprint density at radius 1 is 0.759 bits per heavy atom. The van der Waals surface area contributed by atoms with Gasteiger partial charge >= 0.3 is 0 Å². The molecule has 0 bridgehead atoms. The molecule has 4 rings (SSSR count). The van der Waals surface area contributed by atoms with Gasteiger partial charge in [0.1, 0.15) is 0 Å². The van der Waals surface area contributed by atoms with Crippen LogP contribution in [0.2, 0.25) is 0 Å². The van der Waals surface area contributed by atoms with Crippen LogP contribution in [0.25, 0.3) is 21.5 Å². The van der Waals surface area contributed by atoms with Gasteiger partial charge in [-0.2, -0.15) is 5.10 Å². The first-order valence-electron chi connectivity index (χ1n) is 8.90. The van der Waals surface area contributed by atoms with E-state index in [-0.39, 0.29) is 5.91 Å². The van der Waals surface area contributed by atoms with Crippen molar-refractivity contribution in [2.45, 2.75) is 0 Å². The van der Waals surface area contributed by atoms with E-state index in [4.69, 9.17) is 18.9 Å². The number of carbonyl (C=O) groups is 1. The molecule has 0 N–H and O–H groups in total. The van der Waals surface area contributed by atoms with Gasteiger partial charge in [0.05, 0.1) is 34.0 Å². The van der Waals surface area contributed by atoms with Gasteiger partial charge in [0, 0.05) is 12.4 Å². The van der Waals surface area contributed by atoms with Gasteiger partial charge in [-0.15, -0.1) is 0 Å². The molecule has 0 amide bonds. The number of carbonyl (C=O) groups excluding carboxylic acids is 1. The van der Waals surface area contributed by atoms with Gasteiger partial charge in [-0.05, 0) is 57.9 Å². The number of nitrogens with zero attached hydrogens (tertiary/aromatic N) is 2. The molecule has 1 heterocycles. The van der Waals surface area contributed by atoms with Gasteiger partial charge in [0.25, 0.3) is 5.91 Å². The van der Waals surface area contributed by atoms with Crippen LogP contribution >= 0.6 is 0 Å². The lowest BCUT2D eigenvalue weighted by Gasteiger charge is -2.16. The first-order valence-corrected chi connectivity index (χ1v) is 8.90. The number of ether oxygens (including phenoxy) is 4. The molecule has 0 aliphatic heterocycles. The van der Waals surface area contributed by atoms with Crippen LogP contribution in [-0.4, -0.2) is 44.1 Å². The number of aromatic nitrogens is 2. The lowest BCUT2D eigenvalue weighted by atomic mass is 9.95. The molecule has 0 saturated carbocycles. The Hall–Kier alpha value is -3.74. The molecular formula is C22H20N2O5. The van der Waals surface area contributed by atoms with Crippen molar-refractivity contribution < 1.29 is 23.7 Å². The number of methoxy groups -OCH3 is 4. The van der Waals surface area contributed by atoms with Gasteiger partial charge in [0.15, 0.2) is 23.0 Å². The normalized spacial score (nSPS) is 10.9. The standard InChI is InChI=1S/C22H20N2O5/c1-26-18-9-13-8-17(22(25)24-7-5-6-23-24)16-12-21(29-4)20(28-3)11-15(16)14(13)10-19(18)27-2/h5-12H,1-4H3. The topological polar surface area (TPSA) is 71.8 Å². The molecule has 148 valence electrons.